The first kappa shape index (κ1) is 25.6. The molecule has 8 nitrogen and oxygen atoms in total. The van der Waals surface area contributed by atoms with E-state index in [0.717, 1.165) is 16.7 Å². The number of hydrazine groups is 1. The van der Waals surface area contributed by atoms with E-state index in [2.05, 4.69) is 16.2 Å². The summed E-state index contributed by atoms with van der Waals surface area (Å²) >= 11 is 5.97. The Balaban J connectivity index is 1.50. The van der Waals surface area contributed by atoms with Gasteiger partial charge in [0.1, 0.15) is 12.6 Å². The summed E-state index contributed by atoms with van der Waals surface area (Å²) in [5, 5.41) is 3.15. The van der Waals surface area contributed by atoms with Gasteiger partial charge in [-0.1, -0.05) is 84.4 Å². The van der Waals surface area contributed by atoms with Gasteiger partial charge in [-0.05, 0) is 28.8 Å². The molecule has 3 N–H and O–H groups in total. The van der Waals surface area contributed by atoms with E-state index in [1.165, 1.54) is 0 Å². The molecule has 1 atom stereocenters. The molecule has 3 amide bonds. The molecule has 0 aromatic heterocycles. The molecule has 0 bridgehead atoms. The molecule has 0 heterocycles. The zero-order chi connectivity index (χ0) is 24.9. The number of rotatable bonds is 9. The molecule has 0 saturated carbocycles. The van der Waals surface area contributed by atoms with Gasteiger partial charge in [-0.15, -0.1) is 0 Å². The van der Waals surface area contributed by atoms with E-state index in [1.807, 2.05) is 72.8 Å². The molecule has 3 rings (SSSR count). The SMILES string of the molecule is O=C(NNC(=O)C(Cc1ccccc1)NC(=O)OCCc1cccc(Cl)c1)OCc1ccccc1. The van der Waals surface area contributed by atoms with Crippen molar-refractivity contribution >= 4 is 29.7 Å². The van der Waals surface area contributed by atoms with Crippen molar-refractivity contribution in [1.82, 2.24) is 16.2 Å². The van der Waals surface area contributed by atoms with Gasteiger partial charge in [-0.2, -0.15) is 0 Å². The third-order valence-corrected chi connectivity index (χ3v) is 5.14. The van der Waals surface area contributed by atoms with Gasteiger partial charge in [0, 0.05) is 17.9 Å². The van der Waals surface area contributed by atoms with Crippen LogP contribution in [-0.4, -0.2) is 30.7 Å². The highest BCUT2D eigenvalue weighted by Crippen LogP contribution is 2.11. The van der Waals surface area contributed by atoms with E-state index in [1.54, 1.807) is 12.1 Å². The van der Waals surface area contributed by atoms with Crippen LogP contribution in [0.15, 0.2) is 84.9 Å². The van der Waals surface area contributed by atoms with Crippen LogP contribution in [0.25, 0.3) is 0 Å². The van der Waals surface area contributed by atoms with Crippen LogP contribution < -0.4 is 16.2 Å². The van der Waals surface area contributed by atoms with Crippen molar-refractivity contribution in [3.8, 4) is 0 Å². The molecule has 35 heavy (non-hydrogen) atoms. The third kappa shape index (κ3) is 9.38. The predicted molar refractivity (Wildman–Crippen MR) is 131 cm³/mol. The van der Waals surface area contributed by atoms with Gasteiger partial charge in [0.25, 0.3) is 5.91 Å². The highest BCUT2D eigenvalue weighted by molar-refractivity contribution is 6.30. The van der Waals surface area contributed by atoms with Crippen LogP contribution >= 0.6 is 11.6 Å². The zero-order valence-electron chi connectivity index (χ0n) is 18.9. The molecule has 182 valence electrons. The Labute approximate surface area is 208 Å². The van der Waals surface area contributed by atoms with E-state index >= 15 is 0 Å². The average molecular weight is 496 g/mol. The highest BCUT2D eigenvalue weighted by atomic mass is 35.5. The van der Waals surface area contributed by atoms with Crippen molar-refractivity contribution in [2.75, 3.05) is 6.61 Å². The van der Waals surface area contributed by atoms with Crippen molar-refractivity contribution in [3.63, 3.8) is 0 Å². The summed E-state index contributed by atoms with van der Waals surface area (Å²) in [4.78, 5) is 37.0. The maximum Gasteiger partial charge on any atom is 0.426 e. The molecule has 0 spiro atoms. The third-order valence-electron chi connectivity index (χ3n) is 4.90. The van der Waals surface area contributed by atoms with Crippen LogP contribution in [-0.2, 0) is 33.7 Å². The van der Waals surface area contributed by atoms with Crippen molar-refractivity contribution in [1.29, 1.82) is 0 Å². The number of ether oxygens (including phenoxy) is 2. The van der Waals surface area contributed by atoms with Gasteiger partial charge < -0.3 is 14.8 Å². The summed E-state index contributed by atoms with van der Waals surface area (Å²) in [7, 11) is 0. The molecular weight excluding hydrogens is 470 g/mol. The Morgan fingerprint density at radius 3 is 2.09 bits per heavy atom. The molecule has 0 aliphatic carbocycles. The first-order valence-corrected chi connectivity index (χ1v) is 11.4. The number of amides is 3. The molecule has 0 radical (unpaired) electrons. The van der Waals surface area contributed by atoms with Crippen molar-refractivity contribution in [3.05, 3.63) is 107 Å². The minimum Gasteiger partial charge on any atom is -0.449 e. The minimum atomic E-state index is -0.995. The second kappa shape index (κ2) is 13.6. The van der Waals surface area contributed by atoms with Crippen molar-refractivity contribution in [2.24, 2.45) is 0 Å². The van der Waals surface area contributed by atoms with Gasteiger partial charge in [-0.25, -0.2) is 15.0 Å². The fourth-order valence-corrected chi connectivity index (χ4v) is 3.37. The number of halogens is 1. The van der Waals surface area contributed by atoms with E-state index < -0.39 is 24.1 Å². The van der Waals surface area contributed by atoms with Crippen LogP contribution in [0.3, 0.4) is 0 Å². The molecule has 3 aromatic rings. The maximum atomic E-state index is 12.7. The number of alkyl carbamates (subject to hydrolysis) is 1. The van der Waals surface area contributed by atoms with Crippen LogP contribution in [0.5, 0.6) is 0 Å². The monoisotopic (exact) mass is 495 g/mol. The summed E-state index contributed by atoms with van der Waals surface area (Å²) in [5.41, 5.74) is 7.02. The first-order valence-electron chi connectivity index (χ1n) is 11.0. The number of carbonyl (C=O) groups is 3. The van der Waals surface area contributed by atoms with Gasteiger partial charge in [0.2, 0.25) is 0 Å². The lowest BCUT2D eigenvalue weighted by atomic mass is 10.1. The number of hydrogen-bond donors (Lipinski definition) is 3. The molecule has 9 heteroatoms. The van der Waals surface area contributed by atoms with E-state index in [-0.39, 0.29) is 19.6 Å². The van der Waals surface area contributed by atoms with Crippen molar-refractivity contribution in [2.45, 2.75) is 25.5 Å². The standard InChI is InChI=1S/C26H26ClN3O5/c27-22-13-7-12-20(16-22)14-15-34-25(32)28-23(17-19-8-3-1-4-9-19)24(31)29-30-26(33)35-18-21-10-5-2-6-11-21/h1-13,16,23H,14-15,17-18H2,(H,28,32)(H,29,31)(H,30,33). The fraction of sp³-hybridized carbons (Fsp3) is 0.192. The Kier molecular flexibility index (Phi) is 9.95. The zero-order valence-corrected chi connectivity index (χ0v) is 19.7. The minimum absolute atomic E-state index is 0.0488. The average Bonchev–Trinajstić information content (AvgIpc) is 2.87. The Morgan fingerprint density at radius 1 is 0.743 bits per heavy atom. The smallest absolute Gasteiger partial charge is 0.426 e. The summed E-state index contributed by atoms with van der Waals surface area (Å²) < 4.78 is 10.3. The van der Waals surface area contributed by atoms with Gasteiger partial charge in [-0.3, -0.25) is 10.2 Å². The maximum absolute atomic E-state index is 12.7. The Morgan fingerprint density at radius 2 is 1.40 bits per heavy atom. The van der Waals surface area contributed by atoms with E-state index in [0.29, 0.717) is 11.4 Å². The lowest BCUT2D eigenvalue weighted by Crippen LogP contribution is -2.53. The number of benzene rings is 3. The van der Waals surface area contributed by atoms with Gasteiger partial charge in [0.15, 0.2) is 0 Å². The lowest BCUT2D eigenvalue weighted by Gasteiger charge is -2.19. The molecule has 0 aliphatic rings. The molecule has 1 unspecified atom stereocenters. The lowest BCUT2D eigenvalue weighted by molar-refractivity contribution is -0.124. The molecule has 0 aliphatic heterocycles. The van der Waals surface area contributed by atoms with Crippen molar-refractivity contribution < 1.29 is 23.9 Å². The second-order valence-electron chi connectivity index (χ2n) is 7.58. The Hall–Kier alpha value is -4.04. The summed E-state index contributed by atoms with van der Waals surface area (Å²) in [6.45, 7) is 0.156. The largest absolute Gasteiger partial charge is 0.449 e. The molecular formula is C26H26ClN3O5. The van der Waals surface area contributed by atoms with Gasteiger partial charge >= 0.3 is 12.2 Å². The Bertz CT molecular complexity index is 1110. The highest BCUT2D eigenvalue weighted by Gasteiger charge is 2.22. The second-order valence-corrected chi connectivity index (χ2v) is 8.01. The molecule has 0 saturated heterocycles. The van der Waals surface area contributed by atoms with E-state index in [4.69, 9.17) is 21.1 Å². The van der Waals surface area contributed by atoms with Crippen LogP contribution in [0.2, 0.25) is 5.02 Å². The normalized spacial score (nSPS) is 11.1. The molecule has 0 fully saturated rings. The fourth-order valence-electron chi connectivity index (χ4n) is 3.16. The quantitative estimate of drug-likeness (QED) is 0.386. The van der Waals surface area contributed by atoms with E-state index in [9.17, 15) is 14.4 Å². The number of nitrogens with one attached hydrogen (secondary N) is 3. The predicted octanol–water partition coefficient (Wildman–Crippen LogP) is 4.18. The van der Waals surface area contributed by atoms with Gasteiger partial charge in [0.05, 0.1) is 6.61 Å². The topological polar surface area (TPSA) is 106 Å². The number of carbonyl (C=O) groups excluding carboxylic acids is 3. The van der Waals surface area contributed by atoms with Crippen LogP contribution in [0.4, 0.5) is 9.59 Å². The van der Waals surface area contributed by atoms with Crippen LogP contribution in [0, 0.1) is 0 Å². The molecule has 3 aromatic carbocycles. The number of hydrogen-bond acceptors (Lipinski definition) is 5. The summed E-state index contributed by atoms with van der Waals surface area (Å²) in [5.74, 6) is -0.627. The summed E-state index contributed by atoms with van der Waals surface area (Å²) in [6, 6.07) is 24.5. The van der Waals surface area contributed by atoms with Crippen LogP contribution in [0.1, 0.15) is 16.7 Å². The summed E-state index contributed by atoms with van der Waals surface area (Å²) in [6.07, 6.45) is -0.922. The first-order chi connectivity index (χ1) is 17.0.